The minimum Gasteiger partial charge on any atom is -0.493 e. The van der Waals surface area contributed by atoms with Crippen molar-refractivity contribution in [3.05, 3.63) is 64.2 Å². The van der Waals surface area contributed by atoms with E-state index in [1.807, 2.05) is 6.92 Å². The Morgan fingerprint density at radius 2 is 1.86 bits per heavy atom. The molecule has 0 aromatic heterocycles. The van der Waals surface area contributed by atoms with E-state index in [-0.39, 0.29) is 11.4 Å². The number of carbonyl (C=O) groups is 1. The maximum atomic E-state index is 12.3. The quantitative estimate of drug-likeness (QED) is 0.675. The summed E-state index contributed by atoms with van der Waals surface area (Å²) in [4.78, 5) is 22.7. The van der Waals surface area contributed by atoms with E-state index in [1.165, 1.54) is 12.1 Å². The van der Waals surface area contributed by atoms with Crippen LogP contribution >= 0.6 is 0 Å². The number of ether oxygens (including phenoxy) is 1. The fourth-order valence-corrected chi connectivity index (χ4v) is 1.86. The van der Waals surface area contributed by atoms with Gasteiger partial charge >= 0.3 is 0 Å². The molecule has 0 aliphatic rings. The molecule has 21 heavy (non-hydrogen) atoms. The third kappa shape index (κ3) is 3.36. The Balaban J connectivity index is 2.29. The van der Waals surface area contributed by atoms with E-state index in [9.17, 15) is 14.9 Å². The number of nitro groups is 1. The molecule has 2 aromatic rings. The molecule has 0 aliphatic carbocycles. The summed E-state index contributed by atoms with van der Waals surface area (Å²) < 4.78 is 5.38. The van der Waals surface area contributed by atoms with Gasteiger partial charge in [0.2, 0.25) is 0 Å². The van der Waals surface area contributed by atoms with Crippen LogP contribution in [-0.4, -0.2) is 17.4 Å². The molecule has 0 heterocycles. The van der Waals surface area contributed by atoms with Crippen LogP contribution in [0.1, 0.15) is 17.3 Å². The van der Waals surface area contributed by atoms with Gasteiger partial charge in [0.25, 0.3) is 11.6 Å². The lowest BCUT2D eigenvalue weighted by molar-refractivity contribution is -0.383. The molecule has 1 amide bonds. The second-order valence-electron chi connectivity index (χ2n) is 4.16. The van der Waals surface area contributed by atoms with Crippen LogP contribution in [0.15, 0.2) is 48.5 Å². The molecule has 0 unspecified atom stereocenters. The summed E-state index contributed by atoms with van der Waals surface area (Å²) >= 11 is 0. The minimum atomic E-state index is -0.538. The van der Waals surface area contributed by atoms with Crippen molar-refractivity contribution in [2.45, 2.75) is 6.92 Å². The first-order valence-corrected chi connectivity index (χ1v) is 6.40. The molecule has 2 aromatic carbocycles. The van der Waals surface area contributed by atoms with Gasteiger partial charge in [-0.05, 0) is 25.1 Å². The third-order valence-corrected chi connectivity index (χ3v) is 2.78. The normalized spacial score (nSPS) is 9.95. The number of rotatable bonds is 5. The number of nitrogens with zero attached hydrogens (tertiary/aromatic N) is 1. The van der Waals surface area contributed by atoms with E-state index in [0.717, 1.165) is 0 Å². The fourth-order valence-electron chi connectivity index (χ4n) is 1.86. The number of nitro benzene ring substituents is 1. The maximum Gasteiger partial charge on any atom is 0.292 e. The first kappa shape index (κ1) is 14.5. The van der Waals surface area contributed by atoms with Gasteiger partial charge in [-0.25, -0.2) is 0 Å². The number of nitrogens with one attached hydrogen (secondary N) is 1. The number of hydrogen-bond donors (Lipinski definition) is 1. The standard InChI is InChI=1S/C15H14N2O4/c1-2-21-14-10-6-3-7-11(14)15(18)16-12-8-4-5-9-13(12)17(19)20/h3-10H,2H2,1H3,(H,16,18). The molecule has 1 N–H and O–H groups in total. The van der Waals surface area contributed by atoms with E-state index in [2.05, 4.69) is 5.32 Å². The number of carbonyl (C=O) groups excluding carboxylic acids is 1. The highest BCUT2D eigenvalue weighted by Crippen LogP contribution is 2.25. The number of para-hydroxylation sites is 3. The van der Waals surface area contributed by atoms with Gasteiger partial charge in [0.15, 0.2) is 0 Å². The molecule has 6 nitrogen and oxygen atoms in total. The van der Waals surface area contributed by atoms with Gasteiger partial charge in [-0.2, -0.15) is 0 Å². The molecule has 0 atom stereocenters. The number of benzene rings is 2. The van der Waals surface area contributed by atoms with E-state index in [1.54, 1.807) is 36.4 Å². The van der Waals surface area contributed by atoms with Crippen LogP contribution in [0.2, 0.25) is 0 Å². The molecule has 108 valence electrons. The van der Waals surface area contributed by atoms with Gasteiger partial charge in [-0.1, -0.05) is 24.3 Å². The van der Waals surface area contributed by atoms with Crippen LogP contribution in [0.5, 0.6) is 5.75 Å². The molecule has 0 radical (unpaired) electrons. The van der Waals surface area contributed by atoms with Gasteiger partial charge in [-0.3, -0.25) is 14.9 Å². The first-order valence-electron chi connectivity index (χ1n) is 6.40. The monoisotopic (exact) mass is 286 g/mol. The summed E-state index contributed by atoms with van der Waals surface area (Å²) in [6.45, 7) is 2.24. The van der Waals surface area contributed by atoms with Crippen molar-refractivity contribution in [1.29, 1.82) is 0 Å². The SMILES string of the molecule is CCOc1ccccc1C(=O)Nc1ccccc1[N+](=O)[O-]. The van der Waals surface area contributed by atoms with Crippen molar-refractivity contribution in [3.63, 3.8) is 0 Å². The van der Waals surface area contributed by atoms with Crippen molar-refractivity contribution in [2.24, 2.45) is 0 Å². The highest BCUT2D eigenvalue weighted by molar-refractivity contribution is 6.07. The molecule has 0 saturated heterocycles. The zero-order valence-electron chi connectivity index (χ0n) is 11.4. The zero-order valence-corrected chi connectivity index (χ0v) is 11.4. The number of anilines is 1. The number of amides is 1. The summed E-state index contributed by atoms with van der Waals surface area (Å²) in [7, 11) is 0. The van der Waals surface area contributed by atoms with Gasteiger partial charge in [0, 0.05) is 6.07 Å². The Morgan fingerprint density at radius 1 is 1.19 bits per heavy atom. The topological polar surface area (TPSA) is 81.5 Å². The summed E-state index contributed by atoms with van der Waals surface area (Å²) in [5, 5.41) is 13.5. The average molecular weight is 286 g/mol. The van der Waals surface area contributed by atoms with Crippen molar-refractivity contribution in [2.75, 3.05) is 11.9 Å². The average Bonchev–Trinajstić information content (AvgIpc) is 2.48. The van der Waals surface area contributed by atoms with Crippen molar-refractivity contribution in [3.8, 4) is 5.75 Å². The van der Waals surface area contributed by atoms with Crippen molar-refractivity contribution in [1.82, 2.24) is 0 Å². The minimum absolute atomic E-state index is 0.152. The van der Waals surface area contributed by atoms with Gasteiger partial charge in [0.1, 0.15) is 11.4 Å². The van der Waals surface area contributed by atoms with Crippen molar-refractivity contribution < 1.29 is 14.5 Å². The predicted octanol–water partition coefficient (Wildman–Crippen LogP) is 3.25. The third-order valence-electron chi connectivity index (χ3n) is 2.78. The summed E-state index contributed by atoms with van der Waals surface area (Å²) in [5.74, 6) is -0.00978. The van der Waals surface area contributed by atoms with Crippen molar-refractivity contribution >= 4 is 17.3 Å². The van der Waals surface area contributed by atoms with E-state index in [4.69, 9.17) is 4.74 Å². The van der Waals surface area contributed by atoms with Crippen LogP contribution in [0, 0.1) is 10.1 Å². The van der Waals surface area contributed by atoms with Crippen LogP contribution in [0.25, 0.3) is 0 Å². The second kappa shape index (κ2) is 6.51. The predicted molar refractivity (Wildman–Crippen MR) is 78.7 cm³/mol. The molecule has 0 fully saturated rings. The van der Waals surface area contributed by atoms with E-state index in [0.29, 0.717) is 17.9 Å². The highest BCUT2D eigenvalue weighted by atomic mass is 16.6. The smallest absolute Gasteiger partial charge is 0.292 e. The lowest BCUT2D eigenvalue weighted by atomic mass is 10.1. The highest BCUT2D eigenvalue weighted by Gasteiger charge is 2.17. The Bertz CT molecular complexity index is 670. The van der Waals surface area contributed by atoms with Gasteiger partial charge in [0.05, 0.1) is 17.1 Å². The molecular weight excluding hydrogens is 272 g/mol. The molecule has 0 spiro atoms. The lowest BCUT2D eigenvalue weighted by Gasteiger charge is -2.10. The summed E-state index contributed by atoms with van der Waals surface area (Å²) in [5.41, 5.74) is 0.330. The van der Waals surface area contributed by atoms with Crippen LogP contribution < -0.4 is 10.1 Å². The fraction of sp³-hybridized carbons (Fsp3) is 0.133. The van der Waals surface area contributed by atoms with E-state index >= 15 is 0 Å². The Morgan fingerprint density at radius 3 is 2.57 bits per heavy atom. The molecule has 6 heteroatoms. The Hall–Kier alpha value is -2.89. The largest absolute Gasteiger partial charge is 0.493 e. The maximum absolute atomic E-state index is 12.3. The van der Waals surface area contributed by atoms with E-state index < -0.39 is 10.8 Å². The first-order chi connectivity index (χ1) is 10.1. The molecule has 0 bridgehead atoms. The van der Waals surface area contributed by atoms with Crippen LogP contribution in [0.3, 0.4) is 0 Å². The lowest BCUT2D eigenvalue weighted by Crippen LogP contribution is -2.14. The van der Waals surface area contributed by atoms with Gasteiger partial charge < -0.3 is 10.1 Å². The molecular formula is C15H14N2O4. The Labute approximate surface area is 121 Å². The molecule has 2 rings (SSSR count). The summed E-state index contributed by atoms with van der Waals surface area (Å²) in [6, 6.07) is 12.7. The molecule has 0 saturated carbocycles. The second-order valence-corrected chi connectivity index (χ2v) is 4.16. The number of hydrogen-bond acceptors (Lipinski definition) is 4. The van der Waals surface area contributed by atoms with Crippen LogP contribution in [-0.2, 0) is 0 Å². The Kier molecular flexibility index (Phi) is 4.50. The van der Waals surface area contributed by atoms with Crippen LogP contribution in [0.4, 0.5) is 11.4 Å². The zero-order chi connectivity index (χ0) is 15.2. The summed E-state index contributed by atoms with van der Waals surface area (Å²) in [6.07, 6.45) is 0. The molecule has 0 aliphatic heterocycles. The van der Waals surface area contributed by atoms with Gasteiger partial charge in [-0.15, -0.1) is 0 Å².